The highest BCUT2D eigenvalue weighted by molar-refractivity contribution is 7.99. The first-order valence-electron chi connectivity index (χ1n) is 9.18. The van der Waals surface area contributed by atoms with E-state index < -0.39 is 0 Å². The van der Waals surface area contributed by atoms with Crippen LogP contribution in [0, 0.1) is 13.8 Å². The predicted octanol–water partition coefficient (Wildman–Crippen LogP) is 3.56. The Morgan fingerprint density at radius 3 is 2.75 bits per heavy atom. The van der Waals surface area contributed by atoms with Crippen molar-refractivity contribution in [3.63, 3.8) is 0 Å². The SMILES string of the molecule is Cc1ccc(-n2cnnc2SCC(=O)NCCCOc2ccccc2)cc1C. The Hall–Kier alpha value is -2.80. The lowest BCUT2D eigenvalue weighted by molar-refractivity contribution is -0.118. The van der Waals surface area contributed by atoms with E-state index in [0.717, 1.165) is 17.9 Å². The van der Waals surface area contributed by atoms with Gasteiger partial charge in [-0.3, -0.25) is 9.36 Å². The van der Waals surface area contributed by atoms with Crippen LogP contribution in [0.25, 0.3) is 5.69 Å². The maximum atomic E-state index is 12.1. The second-order valence-electron chi connectivity index (χ2n) is 6.41. The molecule has 2 aromatic carbocycles. The summed E-state index contributed by atoms with van der Waals surface area (Å²) >= 11 is 1.37. The highest BCUT2D eigenvalue weighted by Crippen LogP contribution is 2.21. The van der Waals surface area contributed by atoms with E-state index in [1.54, 1.807) is 6.33 Å². The number of aryl methyl sites for hydroxylation is 2. The van der Waals surface area contributed by atoms with E-state index in [1.165, 1.54) is 22.9 Å². The fraction of sp³-hybridized carbons (Fsp3) is 0.286. The summed E-state index contributed by atoms with van der Waals surface area (Å²) < 4.78 is 7.51. The van der Waals surface area contributed by atoms with Crippen LogP contribution in [0.4, 0.5) is 0 Å². The van der Waals surface area contributed by atoms with Crippen LogP contribution in [0.2, 0.25) is 0 Å². The third kappa shape index (κ3) is 5.60. The molecule has 0 bridgehead atoms. The van der Waals surface area contributed by atoms with Crippen LogP contribution in [-0.4, -0.2) is 39.6 Å². The van der Waals surface area contributed by atoms with Gasteiger partial charge in [-0.2, -0.15) is 0 Å². The summed E-state index contributed by atoms with van der Waals surface area (Å²) in [6.07, 6.45) is 2.43. The lowest BCUT2D eigenvalue weighted by atomic mass is 10.1. The average molecular weight is 397 g/mol. The molecule has 0 fully saturated rings. The summed E-state index contributed by atoms with van der Waals surface area (Å²) in [6.45, 7) is 5.30. The van der Waals surface area contributed by atoms with Gasteiger partial charge in [-0.15, -0.1) is 10.2 Å². The minimum absolute atomic E-state index is 0.0284. The quantitative estimate of drug-likeness (QED) is 0.442. The normalized spacial score (nSPS) is 10.6. The maximum Gasteiger partial charge on any atom is 0.230 e. The molecule has 1 amide bonds. The number of carbonyl (C=O) groups is 1. The first-order valence-corrected chi connectivity index (χ1v) is 10.2. The number of aromatic nitrogens is 3. The second kappa shape index (κ2) is 9.94. The van der Waals surface area contributed by atoms with E-state index in [0.29, 0.717) is 24.1 Å². The Morgan fingerprint density at radius 1 is 1.14 bits per heavy atom. The third-order valence-corrected chi connectivity index (χ3v) is 5.22. The van der Waals surface area contributed by atoms with Crippen molar-refractivity contribution in [1.29, 1.82) is 0 Å². The fourth-order valence-corrected chi connectivity index (χ4v) is 3.32. The van der Waals surface area contributed by atoms with Crippen LogP contribution in [-0.2, 0) is 4.79 Å². The van der Waals surface area contributed by atoms with Gasteiger partial charge in [0.2, 0.25) is 5.91 Å². The molecule has 0 atom stereocenters. The zero-order valence-electron chi connectivity index (χ0n) is 16.1. The largest absolute Gasteiger partial charge is 0.494 e. The smallest absolute Gasteiger partial charge is 0.230 e. The molecule has 146 valence electrons. The number of amides is 1. The highest BCUT2D eigenvalue weighted by Gasteiger charge is 2.10. The molecule has 0 aliphatic carbocycles. The van der Waals surface area contributed by atoms with Gasteiger partial charge in [0, 0.05) is 12.2 Å². The number of thioether (sulfide) groups is 1. The second-order valence-corrected chi connectivity index (χ2v) is 7.35. The first kappa shape index (κ1) is 19.9. The number of ether oxygens (including phenoxy) is 1. The van der Waals surface area contributed by atoms with Gasteiger partial charge in [-0.1, -0.05) is 36.0 Å². The maximum absolute atomic E-state index is 12.1. The van der Waals surface area contributed by atoms with Crippen LogP contribution in [0.15, 0.2) is 60.0 Å². The number of nitrogens with zero attached hydrogens (tertiary/aromatic N) is 3. The molecular weight excluding hydrogens is 372 g/mol. The van der Waals surface area contributed by atoms with E-state index >= 15 is 0 Å². The van der Waals surface area contributed by atoms with Crippen molar-refractivity contribution in [3.05, 3.63) is 66.0 Å². The lowest BCUT2D eigenvalue weighted by Crippen LogP contribution is -2.27. The van der Waals surface area contributed by atoms with Gasteiger partial charge in [0.25, 0.3) is 0 Å². The van der Waals surface area contributed by atoms with Crippen molar-refractivity contribution in [2.24, 2.45) is 0 Å². The van der Waals surface area contributed by atoms with Crippen molar-refractivity contribution >= 4 is 17.7 Å². The number of rotatable bonds is 9. The number of hydrogen-bond acceptors (Lipinski definition) is 5. The summed E-state index contributed by atoms with van der Waals surface area (Å²) in [4.78, 5) is 12.1. The van der Waals surface area contributed by atoms with Crippen molar-refractivity contribution in [3.8, 4) is 11.4 Å². The first-order chi connectivity index (χ1) is 13.6. The zero-order chi connectivity index (χ0) is 19.8. The Balaban J connectivity index is 1.41. The summed E-state index contributed by atoms with van der Waals surface area (Å²) in [6, 6.07) is 15.9. The van der Waals surface area contributed by atoms with E-state index in [2.05, 4.69) is 41.5 Å². The molecular formula is C21H24N4O2S. The van der Waals surface area contributed by atoms with Crippen molar-refractivity contribution in [2.75, 3.05) is 18.9 Å². The van der Waals surface area contributed by atoms with E-state index in [4.69, 9.17) is 4.74 Å². The molecule has 0 saturated carbocycles. The molecule has 0 aliphatic rings. The van der Waals surface area contributed by atoms with Crippen molar-refractivity contribution in [1.82, 2.24) is 20.1 Å². The Bertz CT molecular complexity index is 912. The molecule has 0 spiro atoms. The van der Waals surface area contributed by atoms with Crippen LogP contribution in [0.1, 0.15) is 17.5 Å². The average Bonchev–Trinajstić information content (AvgIpc) is 3.18. The van der Waals surface area contributed by atoms with Crippen molar-refractivity contribution in [2.45, 2.75) is 25.4 Å². The number of carbonyl (C=O) groups excluding carboxylic acids is 1. The Kier molecular flexibility index (Phi) is 7.08. The number of nitrogens with one attached hydrogen (secondary N) is 1. The molecule has 1 N–H and O–H groups in total. The summed E-state index contributed by atoms with van der Waals surface area (Å²) in [7, 11) is 0. The van der Waals surface area contributed by atoms with Crippen LogP contribution >= 0.6 is 11.8 Å². The molecule has 0 aliphatic heterocycles. The minimum Gasteiger partial charge on any atom is -0.494 e. The van der Waals surface area contributed by atoms with Gasteiger partial charge in [0.1, 0.15) is 12.1 Å². The molecule has 28 heavy (non-hydrogen) atoms. The van der Waals surface area contributed by atoms with E-state index in [9.17, 15) is 4.79 Å². The van der Waals surface area contributed by atoms with Crippen molar-refractivity contribution < 1.29 is 9.53 Å². The predicted molar refractivity (Wildman–Crippen MR) is 111 cm³/mol. The number of para-hydroxylation sites is 1. The molecule has 6 nitrogen and oxygen atoms in total. The lowest BCUT2D eigenvalue weighted by Gasteiger charge is -2.09. The molecule has 1 aromatic heterocycles. The van der Waals surface area contributed by atoms with Crippen LogP contribution in [0.3, 0.4) is 0 Å². The van der Waals surface area contributed by atoms with Gasteiger partial charge in [-0.05, 0) is 55.7 Å². The minimum atomic E-state index is -0.0284. The summed E-state index contributed by atoms with van der Waals surface area (Å²) in [5.74, 6) is 1.11. The Labute approximate surface area is 169 Å². The fourth-order valence-electron chi connectivity index (χ4n) is 2.56. The van der Waals surface area contributed by atoms with Crippen LogP contribution in [0.5, 0.6) is 5.75 Å². The highest BCUT2D eigenvalue weighted by atomic mass is 32.2. The molecule has 3 rings (SSSR count). The monoisotopic (exact) mass is 396 g/mol. The molecule has 3 aromatic rings. The molecule has 0 radical (unpaired) electrons. The Morgan fingerprint density at radius 2 is 1.96 bits per heavy atom. The topological polar surface area (TPSA) is 69.0 Å². The van der Waals surface area contributed by atoms with E-state index in [1.807, 2.05) is 41.0 Å². The summed E-state index contributed by atoms with van der Waals surface area (Å²) in [5.41, 5.74) is 3.44. The van der Waals surface area contributed by atoms with Gasteiger partial charge in [-0.25, -0.2) is 0 Å². The van der Waals surface area contributed by atoms with Gasteiger partial charge >= 0.3 is 0 Å². The number of hydrogen-bond donors (Lipinski definition) is 1. The molecule has 1 heterocycles. The molecule has 0 unspecified atom stereocenters. The summed E-state index contributed by atoms with van der Waals surface area (Å²) in [5, 5.41) is 11.7. The molecule has 7 heteroatoms. The standard InChI is InChI=1S/C21H24N4O2S/c1-16-9-10-18(13-17(16)2)25-15-23-24-21(25)28-14-20(26)22-11-6-12-27-19-7-4-3-5-8-19/h3-5,7-10,13,15H,6,11-12,14H2,1-2H3,(H,22,26). The van der Waals surface area contributed by atoms with Gasteiger partial charge in [0.15, 0.2) is 5.16 Å². The van der Waals surface area contributed by atoms with E-state index in [-0.39, 0.29) is 5.91 Å². The van der Waals surface area contributed by atoms with Gasteiger partial charge < -0.3 is 10.1 Å². The number of benzene rings is 2. The van der Waals surface area contributed by atoms with Gasteiger partial charge in [0.05, 0.1) is 12.4 Å². The zero-order valence-corrected chi connectivity index (χ0v) is 16.9. The molecule has 0 saturated heterocycles. The van der Waals surface area contributed by atoms with Crippen LogP contribution < -0.4 is 10.1 Å². The third-order valence-electron chi connectivity index (χ3n) is 4.27.